The van der Waals surface area contributed by atoms with Gasteiger partial charge in [-0.15, -0.1) is 0 Å². The summed E-state index contributed by atoms with van der Waals surface area (Å²) in [6, 6.07) is 10.3. The molecule has 1 saturated carbocycles. The van der Waals surface area contributed by atoms with Gasteiger partial charge in [0.05, 0.1) is 12.4 Å². The Balaban J connectivity index is 1.53. The van der Waals surface area contributed by atoms with Crippen LogP contribution in [0, 0.1) is 17.8 Å². The largest absolute Gasteiger partial charge is 0.459 e. The molecule has 2 N–H and O–H groups in total. The minimum absolute atomic E-state index is 0.0313. The first-order valence-corrected chi connectivity index (χ1v) is 10.3. The molecule has 2 aromatic rings. The molecule has 0 spiro atoms. The molecule has 1 aromatic heterocycles. The van der Waals surface area contributed by atoms with Crippen molar-refractivity contribution in [2.45, 2.75) is 46.1 Å². The summed E-state index contributed by atoms with van der Waals surface area (Å²) < 4.78 is 11.1. The molecule has 2 amide bonds. The Kier molecular flexibility index (Phi) is 7.09. The van der Waals surface area contributed by atoms with Crippen molar-refractivity contribution in [1.82, 2.24) is 0 Å². The number of hydrogen-bond donors (Lipinski definition) is 2. The number of hydrogen-bond acceptors (Lipinski definition) is 4. The predicted octanol–water partition coefficient (Wildman–Crippen LogP) is 4.95. The average Bonchev–Trinajstić information content (AvgIpc) is 3.21. The highest BCUT2D eigenvalue weighted by molar-refractivity contribution is 6.02. The SMILES string of the molecule is CC1CCC(C(C)C)C(OCC(=O)Nc2cccc(NC(=O)c3ccco3)c2)C1. The van der Waals surface area contributed by atoms with Crippen LogP contribution < -0.4 is 10.6 Å². The van der Waals surface area contributed by atoms with Gasteiger partial charge in [0.15, 0.2) is 5.76 Å². The number of carbonyl (C=O) groups is 2. The highest BCUT2D eigenvalue weighted by Gasteiger charge is 2.31. The zero-order valence-corrected chi connectivity index (χ0v) is 17.3. The quantitative estimate of drug-likeness (QED) is 0.692. The van der Waals surface area contributed by atoms with Gasteiger partial charge in [-0.05, 0) is 60.9 Å². The molecule has 1 aromatic carbocycles. The third-order valence-electron chi connectivity index (χ3n) is 5.54. The number of nitrogens with one attached hydrogen (secondary N) is 2. The van der Waals surface area contributed by atoms with E-state index < -0.39 is 0 Å². The molecule has 6 heteroatoms. The zero-order valence-electron chi connectivity index (χ0n) is 17.3. The molecule has 3 atom stereocenters. The molecule has 3 rings (SSSR count). The van der Waals surface area contributed by atoms with Crippen LogP contribution in [-0.4, -0.2) is 24.5 Å². The third kappa shape index (κ3) is 5.94. The number of amides is 2. The van der Waals surface area contributed by atoms with E-state index in [2.05, 4.69) is 31.4 Å². The summed E-state index contributed by atoms with van der Waals surface area (Å²) in [7, 11) is 0. The number of benzene rings is 1. The molecular weight excluding hydrogens is 368 g/mol. The zero-order chi connectivity index (χ0) is 20.8. The van der Waals surface area contributed by atoms with Crippen molar-refractivity contribution in [3.8, 4) is 0 Å². The minimum Gasteiger partial charge on any atom is -0.459 e. The molecule has 0 radical (unpaired) electrons. The fourth-order valence-corrected chi connectivity index (χ4v) is 3.96. The van der Waals surface area contributed by atoms with E-state index in [1.165, 1.54) is 12.7 Å². The van der Waals surface area contributed by atoms with Crippen molar-refractivity contribution in [1.29, 1.82) is 0 Å². The fourth-order valence-electron chi connectivity index (χ4n) is 3.96. The van der Waals surface area contributed by atoms with Gasteiger partial charge >= 0.3 is 0 Å². The standard InChI is InChI=1S/C23H30N2O4/c1-15(2)19-10-9-16(3)12-21(19)29-14-22(26)24-17-6-4-7-18(13-17)25-23(27)20-8-5-11-28-20/h4-8,11,13,15-16,19,21H,9-10,12,14H2,1-3H3,(H,24,26)(H,25,27). The van der Waals surface area contributed by atoms with Gasteiger partial charge in [0.25, 0.3) is 5.91 Å². The Hall–Kier alpha value is -2.60. The highest BCUT2D eigenvalue weighted by atomic mass is 16.5. The van der Waals surface area contributed by atoms with E-state index >= 15 is 0 Å². The number of furan rings is 1. The second kappa shape index (κ2) is 9.74. The molecule has 0 aliphatic heterocycles. The van der Waals surface area contributed by atoms with Crippen LogP contribution in [0.2, 0.25) is 0 Å². The van der Waals surface area contributed by atoms with Gasteiger partial charge in [-0.2, -0.15) is 0 Å². The van der Waals surface area contributed by atoms with E-state index in [9.17, 15) is 9.59 Å². The first kappa shape index (κ1) is 21.1. The van der Waals surface area contributed by atoms with Crippen LogP contribution in [0.3, 0.4) is 0 Å². The number of carbonyl (C=O) groups excluding carboxylic acids is 2. The maximum absolute atomic E-state index is 12.4. The lowest BCUT2D eigenvalue weighted by atomic mass is 9.75. The summed E-state index contributed by atoms with van der Waals surface area (Å²) in [6.45, 7) is 6.72. The van der Waals surface area contributed by atoms with Crippen molar-refractivity contribution >= 4 is 23.2 Å². The molecular formula is C23H30N2O4. The summed E-state index contributed by atoms with van der Waals surface area (Å²) in [6.07, 6.45) is 4.96. The summed E-state index contributed by atoms with van der Waals surface area (Å²) in [5, 5.41) is 5.60. The van der Waals surface area contributed by atoms with Crippen LogP contribution in [0.5, 0.6) is 0 Å². The Bertz CT molecular complexity index is 816. The van der Waals surface area contributed by atoms with Gasteiger partial charge in [-0.3, -0.25) is 9.59 Å². The van der Waals surface area contributed by atoms with Crippen molar-refractivity contribution in [3.63, 3.8) is 0 Å². The molecule has 0 saturated heterocycles. The van der Waals surface area contributed by atoms with Crippen LogP contribution in [0.15, 0.2) is 47.1 Å². The first-order valence-electron chi connectivity index (χ1n) is 10.3. The van der Waals surface area contributed by atoms with Gasteiger partial charge in [0.1, 0.15) is 6.61 Å². The second-order valence-corrected chi connectivity index (χ2v) is 8.24. The first-order chi connectivity index (χ1) is 13.9. The van der Waals surface area contributed by atoms with E-state index in [0.29, 0.717) is 29.1 Å². The van der Waals surface area contributed by atoms with E-state index in [1.807, 2.05) is 0 Å². The molecule has 1 aliphatic rings. The maximum atomic E-state index is 12.4. The van der Waals surface area contributed by atoms with E-state index in [4.69, 9.17) is 9.15 Å². The second-order valence-electron chi connectivity index (χ2n) is 8.24. The highest BCUT2D eigenvalue weighted by Crippen LogP contribution is 2.35. The lowest BCUT2D eigenvalue weighted by Crippen LogP contribution is -2.36. The van der Waals surface area contributed by atoms with Crippen LogP contribution in [0.1, 0.15) is 50.6 Å². The summed E-state index contributed by atoms with van der Waals surface area (Å²) >= 11 is 0. The van der Waals surface area contributed by atoms with Crippen molar-refractivity contribution in [2.24, 2.45) is 17.8 Å². The van der Waals surface area contributed by atoms with Crippen LogP contribution in [-0.2, 0) is 9.53 Å². The van der Waals surface area contributed by atoms with E-state index in [-0.39, 0.29) is 30.3 Å². The maximum Gasteiger partial charge on any atom is 0.291 e. The van der Waals surface area contributed by atoms with Crippen molar-refractivity contribution < 1.29 is 18.7 Å². The van der Waals surface area contributed by atoms with E-state index in [0.717, 1.165) is 12.8 Å². The van der Waals surface area contributed by atoms with Crippen LogP contribution in [0.25, 0.3) is 0 Å². The monoisotopic (exact) mass is 398 g/mol. The van der Waals surface area contributed by atoms with Gasteiger partial charge < -0.3 is 19.8 Å². The van der Waals surface area contributed by atoms with Gasteiger partial charge in [-0.25, -0.2) is 0 Å². The number of anilines is 2. The molecule has 156 valence electrons. The summed E-state index contributed by atoms with van der Waals surface area (Å²) in [5.41, 5.74) is 1.18. The van der Waals surface area contributed by atoms with Gasteiger partial charge in [0, 0.05) is 11.4 Å². The molecule has 1 fully saturated rings. The van der Waals surface area contributed by atoms with Crippen LogP contribution in [0.4, 0.5) is 11.4 Å². The van der Waals surface area contributed by atoms with Crippen LogP contribution >= 0.6 is 0 Å². The smallest absolute Gasteiger partial charge is 0.291 e. The summed E-state index contributed by atoms with van der Waals surface area (Å²) in [4.78, 5) is 24.5. The molecule has 1 aliphatic carbocycles. The van der Waals surface area contributed by atoms with Gasteiger partial charge in [0.2, 0.25) is 5.91 Å². The average molecular weight is 399 g/mol. The molecule has 0 bridgehead atoms. The van der Waals surface area contributed by atoms with Gasteiger partial charge in [-0.1, -0.05) is 33.3 Å². The lowest BCUT2D eigenvalue weighted by molar-refractivity contribution is -0.126. The molecule has 3 unspecified atom stereocenters. The normalized spacial score (nSPS) is 21.7. The topological polar surface area (TPSA) is 80.6 Å². The van der Waals surface area contributed by atoms with Crippen molar-refractivity contribution in [2.75, 3.05) is 17.2 Å². The van der Waals surface area contributed by atoms with E-state index in [1.54, 1.807) is 36.4 Å². The summed E-state index contributed by atoms with van der Waals surface area (Å²) in [5.74, 6) is 1.37. The Morgan fingerprint density at radius 3 is 2.59 bits per heavy atom. The number of ether oxygens (including phenoxy) is 1. The van der Waals surface area contributed by atoms with Crippen molar-refractivity contribution in [3.05, 3.63) is 48.4 Å². The molecule has 1 heterocycles. The predicted molar refractivity (Wildman–Crippen MR) is 113 cm³/mol. The Labute approximate surface area is 172 Å². The Morgan fingerprint density at radius 2 is 1.90 bits per heavy atom. The fraction of sp³-hybridized carbons (Fsp3) is 0.478. The molecule has 29 heavy (non-hydrogen) atoms. The Morgan fingerprint density at radius 1 is 1.14 bits per heavy atom. The minimum atomic E-state index is -0.340. The lowest BCUT2D eigenvalue weighted by Gasteiger charge is -2.37. The third-order valence-corrected chi connectivity index (χ3v) is 5.54. The molecule has 6 nitrogen and oxygen atoms in total. The number of rotatable bonds is 7.